The lowest BCUT2D eigenvalue weighted by Gasteiger charge is -2.42. The highest BCUT2D eigenvalue weighted by molar-refractivity contribution is 9.10. The van der Waals surface area contributed by atoms with Crippen molar-refractivity contribution < 1.29 is 39.3 Å². The Labute approximate surface area is 395 Å². The van der Waals surface area contributed by atoms with Crippen LogP contribution in [0.4, 0.5) is 0 Å². The Kier molecular flexibility index (Phi) is 14.9. The van der Waals surface area contributed by atoms with Gasteiger partial charge in [-0.15, -0.1) is 0 Å². The van der Waals surface area contributed by atoms with Crippen molar-refractivity contribution in [3.8, 4) is 11.1 Å². The second kappa shape index (κ2) is 19.4. The molecule has 340 valence electrons. The van der Waals surface area contributed by atoms with Gasteiger partial charge in [-0.1, -0.05) is 75.5 Å². The van der Waals surface area contributed by atoms with Gasteiger partial charge in [-0.25, -0.2) is 0 Å². The fraction of sp³-hybridized carbons (Fsp3) is 0.400. The number of carbonyl (C=O) groups is 2. The van der Waals surface area contributed by atoms with Crippen LogP contribution in [0.2, 0.25) is 10.0 Å². The van der Waals surface area contributed by atoms with Gasteiger partial charge in [0.2, 0.25) is 0 Å². The number of nitrogens with one attached hydrogen (secondary N) is 2. The molecule has 2 saturated carbocycles. The van der Waals surface area contributed by atoms with Crippen LogP contribution in [0.15, 0.2) is 88.8 Å². The van der Waals surface area contributed by atoms with E-state index >= 15 is 0 Å². The van der Waals surface area contributed by atoms with Crippen LogP contribution in [0.3, 0.4) is 0 Å². The van der Waals surface area contributed by atoms with Crippen molar-refractivity contribution in [3.63, 3.8) is 0 Å². The minimum absolute atomic E-state index is 0.177. The quantitative estimate of drug-likeness (QED) is 0.104. The van der Waals surface area contributed by atoms with Crippen LogP contribution >= 0.6 is 39.1 Å². The van der Waals surface area contributed by atoms with Crippen molar-refractivity contribution in [2.45, 2.75) is 115 Å². The summed E-state index contributed by atoms with van der Waals surface area (Å²) in [6.45, 7) is 12.1. The highest BCUT2D eigenvalue weighted by atomic mass is 79.9. The molecule has 6 N–H and O–H groups in total. The molecule has 0 unspecified atom stereocenters. The number of ether oxygens (including phenoxy) is 2. The zero-order chi connectivity index (χ0) is 46.9. The van der Waals surface area contributed by atoms with Gasteiger partial charge >= 0.3 is 7.12 Å². The normalized spacial score (nSPS) is 25.1. The zero-order valence-corrected chi connectivity index (χ0v) is 40.8. The highest BCUT2D eigenvalue weighted by Crippen LogP contribution is 2.48. The molecule has 2 aliphatic heterocycles. The van der Waals surface area contributed by atoms with Gasteiger partial charge in [-0.3, -0.25) is 9.59 Å². The predicted octanol–water partition coefficient (Wildman–Crippen LogP) is 9.94. The number of hydrogen-bond donors (Lipinski definition) is 6. The van der Waals surface area contributed by atoms with Gasteiger partial charge in [-0.2, -0.15) is 0 Å². The van der Waals surface area contributed by atoms with Crippen LogP contribution in [-0.2, 0) is 19.1 Å². The van der Waals surface area contributed by atoms with Crippen molar-refractivity contribution in [3.05, 3.63) is 132 Å². The standard InChI is InChI=1S/C25H28ClNO3.C19H24BrNO3.C6H6BClO2/c1-15-13-18(17-5-7-19(26)8-6-17)14-16(2)20(15)21-22(28)25(27-23(21)29)11-9-24(3,30-4)10-12-25;1-11-9-13(20)10-12(2)14(11)15-16(22)19(21-17(15)23)7-5-18(3,24-4)6-8-19;8-6-3-1-5(2-4-6)7(9)10/h5-8,13-14,28H,9-12H2,1-4H3,(H,27,29);9-10,22H,5-8H2,1-4H3,(H,21,23);1-4,9-10H. The van der Waals surface area contributed by atoms with Crippen LogP contribution in [0, 0.1) is 27.7 Å². The largest absolute Gasteiger partial charge is 0.509 e. The summed E-state index contributed by atoms with van der Waals surface area (Å²) >= 11 is 15.1. The average Bonchev–Trinajstić information content (AvgIpc) is 3.63. The molecule has 0 aromatic heterocycles. The number of amides is 2. The maximum Gasteiger partial charge on any atom is 0.488 e. The first-order valence-electron chi connectivity index (χ1n) is 21.5. The molecule has 8 rings (SSSR count). The summed E-state index contributed by atoms with van der Waals surface area (Å²) in [6, 6.07) is 22.1. The molecule has 0 radical (unpaired) electrons. The first-order chi connectivity index (χ1) is 30.1. The first kappa shape index (κ1) is 49.3. The number of aliphatic hydroxyl groups is 2. The van der Waals surface area contributed by atoms with E-state index in [0.717, 1.165) is 74.7 Å². The van der Waals surface area contributed by atoms with E-state index in [-0.39, 0.29) is 34.5 Å². The molecular weight excluding hydrogens is 918 g/mol. The SMILES string of the molecule is COC1(C)CCC2(CC1)NC(=O)C(c1c(C)cc(-c3ccc(Cl)cc3)cc1C)=C2O.COC1(C)CCC2(CC1)NC(=O)C(c1c(C)cc(Br)cc1C)=C2O.OB(O)c1ccc(Cl)cc1. The lowest BCUT2D eigenvalue weighted by molar-refractivity contribution is -0.118. The molecule has 0 bridgehead atoms. The zero-order valence-electron chi connectivity index (χ0n) is 37.7. The Hall–Kier alpha value is -4.14. The highest BCUT2D eigenvalue weighted by Gasteiger charge is 2.52. The van der Waals surface area contributed by atoms with Crippen LogP contribution in [-0.4, -0.2) is 75.7 Å². The average molecular weight is 977 g/mol. The molecule has 2 amide bonds. The molecule has 64 heavy (non-hydrogen) atoms. The number of hydrogen-bond acceptors (Lipinski definition) is 8. The minimum atomic E-state index is -1.41. The van der Waals surface area contributed by atoms with E-state index < -0.39 is 18.2 Å². The third-order valence-electron chi connectivity index (χ3n) is 13.7. The molecule has 14 heteroatoms. The number of halogens is 3. The van der Waals surface area contributed by atoms with E-state index in [1.165, 1.54) is 0 Å². The topological polar surface area (TPSA) is 158 Å². The van der Waals surface area contributed by atoms with Crippen LogP contribution < -0.4 is 16.1 Å². The van der Waals surface area contributed by atoms with Gasteiger partial charge in [0.15, 0.2) is 0 Å². The maximum atomic E-state index is 13.0. The van der Waals surface area contributed by atoms with E-state index in [0.29, 0.717) is 52.3 Å². The Morgan fingerprint density at radius 1 is 0.578 bits per heavy atom. The third-order valence-corrected chi connectivity index (χ3v) is 14.7. The molecular formula is C50H58BBrCl2N2O8. The number of rotatable bonds is 6. The summed E-state index contributed by atoms with van der Waals surface area (Å²) in [5.41, 5.74) is 7.25. The Bertz CT molecular complexity index is 2430. The van der Waals surface area contributed by atoms with Crippen LogP contribution in [0.1, 0.15) is 98.6 Å². The summed E-state index contributed by atoms with van der Waals surface area (Å²) < 4.78 is 12.2. The van der Waals surface area contributed by atoms with E-state index in [1.54, 1.807) is 38.5 Å². The number of aryl methyl sites for hydroxylation is 4. The Morgan fingerprint density at radius 3 is 1.27 bits per heavy atom. The fourth-order valence-corrected chi connectivity index (χ4v) is 10.4. The van der Waals surface area contributed by atoms with Crippen molar-refractivity contribution in [2.75, 3.05) is 14.2 Å². The van der Waals surface area contributed by atoms with Crippen molar-refractivity contribution in [1.29, 1.82) is 0 Å². The number of carbonyl (C=O) groups excluding carboxylic acids is 2. The summed E-state index contributed by atoms with van der Waals surface area (Å²) in [5, 5.41) is 46.9. The van der Waals surface area contributed by atoms with Gasteiger partial charge in [0.1, 0.15) is 11.5 Å². The van der Waals surface area contributed by atoms with Gasteiger partial charge in [0, 0.05) is 28.7 Å². The molecule has 2 fully saturated rings. The molecule has 4 aromatic carbocycles. The Morgan fingerprint density at radius 2 is 0.922 bits per heavy atom. The van der Waals surface area contributed by atoms with E-state index in [2.05, 4.69) is 52.5 Å². The lowest BCUT2D eigenvalue weighted by atomic mass is 9.74. The molecule has 4 aromatic rings. The number of aliphatic hydroxyl groups excluding tert-OH is 2. The lowest BCUT2D eigenvalue weighted by Crippen LogP contribution is -2.51. The van der Waals surface area contributed by atoms with E-state index in [9.17, 15) is 19.8 Å². The predicted molar refractivity (Wildman–Crippen MR) is 260 cm³/mol. The van der Waals surface area contributed by atoms with E-state index in [4.69, 9.17) is 42.7 Å². The van der Waals surface area contributed by atoms with Crippen LogP contribution in [0.25, 0.3) is 22.3 Å². The second-order valence-corrected chi connectivity index (χ2v) is 19.9. The molecule has 2 spiro atoms. The second-order valence-electron chi connectivity index (χ2n) is 18.2. The summed E-state index contributed by atoms with van der Waals surface area (Å²) in [7, 11) is 2.04. The Balaban J connectivity index is 0.000000178. The maximum absolute atomic E-state index is 13.0. The number of methoxy groups -OCH3 is 2. The summed E-state index contributed by atoms with van der Waals surface area (Å²) in [6.07, 6.45) is 5.89. The van der Waals surface area contributed by atoms with Crippen molar-refractivity contribution >= 4 is 74.7 Å². The third kappa shape index (κ3) is 10.1. The van der Waals surface area contributed by atoms with Crippen LogP contribution in [0.5, 0.6) is 0 Å². The smallest absolute Gasteiger partial charge is 0.488 e. The van der Waals surface area contributed by atoms with E-state index in [1.807, 2.05) is 64.1 Å². The van der Waals surface area contributed by atoms with Crippen molar-refractivity contribution in [2.24, 2.45) is 0 Å². The summed E-state index contributed by atoms with van der Waals surface area (Å²) in [4.78, 5) is 25.7. The molecule has 2 aliphatic carbocycles. The minimum Gasteiger partial charge on any atom is -0.509 e. The fourth-order valence-electron chi connectivity index (χ4n) is 9.49. The van der Waals surface area contributed by atoms with Gasteiger partial charge in [0.05, 0.1) is 33.4 Å². The first-order valence-corrected chi connectivity index (χ1v) is 23.0. The van der Waals surface area contributed by atoms with Crippen molar-refractivity contribution in [1.82, 2.24) is 10.6 Å². The monoisotopic (exact) mass is 974 g/mol. The summed E-state index contributed by atoms with van der Waals surface area (Å²) in [5.74, 6) is -0.00345. The molecule has 0 saturated heterocycles. The van der Waals surface area contributed by atoms with Gasteiger partial charge in [0.25, 0.3) is 11.8 Å². The van der Waals surface area contributed by atoms with Gasteiger partial charge < -0.3 is 40.4 Å². The molecule has 4 aliphatic rings. The molecule has 2 heterocycles. The van der Waals surface area contributed by atoms with Gasteiger partial charge in [-0.05, 0) is 179 Å². The molecule has 10 nitrogen and oxygen atoms in total. The molecule has 0 atom stereocenters. The number of benzene rings is 4.